The number of rotatable bonds is 6. The first-order valence-electron chi connectivity index (χ1n) is 9.21. The Labute approximate surface area is 160 Å². The molecule has 1 aromatic heterocycles. The Balaban J connectivity index is 2.13. The molecule has 4 heteroatoms. The Hall–Kier alpha value is -3.01. The van der Waals surface area contributed by atoms with E-state index in [4.69, 9.17) is 4.74 Å². The van der Waals surface area contributed by atoms with Crippen LogP contribution in [0.15, 0.2) is 60.7 Å². The van der Waals surface area contributed by atoms with E-state index in [2.05, 4.69) is 35.9 Å². The summed E-state index contributed by atoms with van der Waals surface area (Å²) in [6.07, 6.45) is 0. The summed E-state index contributed by atoms with van der Waals surface area (Å²) in [4.78, 5) is 12.8. The molecule has 1 N–H and O–H groups in total. The maximum absolute atomic E-state index is 12.8. The van der Waals surface area contributed by atoms with Crippen molar-refractivity contribution in [2.75, 3.05) is 13.7 Å². The van der Waals surface area contributed by atoms with Crippen LogP contribution in [0.5, 0.6) is 5.75 Å². The van der Waals surface area contributed by atoms with Gasteiger partial charge in [-0.2, -0.15) is 0 Å². The number of amides is 1. The van der Waals surface area contributed by atoms with Crippen LogP contribution in [0.4, 0.5) is 0 Å². The lowest BCUT2D eigenvalue weighted by atomic mass is 10.1. The lowest BCUT2D eigenvalue weighted by Crippen LogP contribution is -2.27. The normalized spacial score (nSPS) is 10.9. The number of aromatic nitrogens is 1. The Kier molecular flexibility index (Phi) is 5.65. The highest BCUT2D eigenvalue weighted by molar-refractivity contribution is 5.97. The molecule has 140 valence electrons. The minimum Gasteiger partial charge on any atom is -0.497 e. The average molecular weight is 362 g/mol. The van der Waals surface area contributed by atoms with Gasteiger partial charge in [0.25, 0.3) is 5.91 Å². The molecule has 0 spiro atoms. The maximum Gasteiger partial charge on any atom is 0.253 e. The predicted molar refractivity (Wildman–Crippen MR) is 110 cm³/mol. The number of nitrogens with zero attached hydrogens (tertiary/aromatic N) is 1. The van der Waals surface area contributed by atoms with Gasteiger partial charge < -0.3 is 14.6 Å². The Morgan fingerprint density at radius 2 is 1.81 bits per heavy atom. The van der Waals surface area contributed by atoms with Crippen LogP contribution in [0, 0.1) is 12.8 Å². The van der Waals surface area contributed by atoms with Gasteiger partial charge in [0.15, 0.2) is 0 Å². The molecule has 4 nitrogen and oxygen atoms in total. The monoisotopic (exact) mass is 362 g/mol. The topological polar surface area (TPSA) is 43.3 Å². The molecule has 0 fully saturated rings. The summed E-state index contributed by atoms with van der Waals surface area (Å²) in [7, 11) is 1.66. The third kappa shape index (κ3) is 4.05. The van der Waals surface area contributed by atoms with E-state index in [0.717, 1.165) is 28.4 Å². The molecule has 0 saturated carbocycles. The number of hydrogen-bond donors (Lipinski definition) is 1. The van der Waals surface area contributed by atoms with Crippen molar-refractivity contribution in [3.63, 3.8) is 0 Å². The Morgan fingerprint density at radius 1 is 1.07 bits per heavy atom. The lowest BCUT2D eigenvalue weighted by Gasteiger charge is -2.13. The van der Waals surface area contributed by atoms with Gasteiger partial charge in [-0.25, -0.2) is 0 Å². The second kappa shape index (κ2) is 8.12. The van der Waals surface area contributed by atoms with Crippen molar-refractivity contribution in [3.8, 4) is 22.7 Å². The fraction of sp³-hybridized carbons (Fsp3) is 0.261. The molecule has 27 heavy (non-hydrogen) atoms. The van der Waals surface area contributed by atoms with Crippen molar-refractivity contribution in [3.05, 3.63) is 71.9 Å². The van der Waals surface area contributed by atoms with Crippen molar-refractivity contribution in [1.82, 2.24) is 9.88 Å². The van der Waals surface area contributed by atoms with Gasteiger partial charge in [0.05, 0.1) is 18.4 Å². The highest BCUT2D eigenvalue weighted by atomic mass is 16.5. The minimum atomic E-state index is -0.0416. The smallest absolute Gasteiger partial charge is 0.253 e. The predicted octanol–water partition coefficient (Wildman–Crippen LogP) is 4.85. The highest BCUT2D eigenvalue weighted by Gasteiger charge is 2.19. The standard InChI is InChI=1S/C23H26N2O2/c1-16(2)15-24-23(26)21-14-22(18-9-6-5-7-10-18)25(17(21)3)19-11-8-12-20(13-19)27-4/h5-14,16H,15H2,1-4H3,(H,24,26). The van der Waals surface area contributed by atoms with E-state index in [1.807, 2.05) is 55.5 Å². The highest BCUT2D eigenvalue weighted by Crippen LogP contribution is 2.30. The third-order valence-corrected chi connectivity index (χ3v) is 4.54. The number of carbonyl (C=O) groups excluding carboxylic acids is 1. The van der Waals surface area contributed by atoms with Gasteiger partial charge in [-0.1, -0.05) is 50.2 Å². The van der Waals surface area contributed by atoms with E-state index >= 15 is 0 Å². The molecule has 1 heterocycles. The zero-order valence-electron chi connectivity index (χ0n) is 16.3. The van der Waals surface area contributed by atoms with E-state index in [1.165, 1.54) is 0 Å². The summed E-state index contributed by atoms with van der Waals surface area (Å²) in [5.41, 5.74) is 4.61. The van der Waals surface area contributed by atoms with Crippen molar-refractivity contribution in [2.45, 2.75) is 20.8 Å². The van der Waals surface area contributed by atoms with Gasteiger partial charge in [-0.15, -0.1) is 0 Å². The fourth-order valence-electron chi connectivity index (χ4n) is 3.13. The van der Waals surface area contributed by atoms with Crippen molar-refractivity contribution < 1.29 is 9.53 Å². The molecule has 0 aliphatic heterocycles. The van der Waals surface area contributed by atoms with Gasteiger partial charge >= 0.3 is 0 Å². The van der Waals surface area contributed by atoms with Gasteiger partial charge in [0.1, 0.15) is 5.75 Å². The average Bonchev–Trinajstić information content (AvgIpc) is 3.04. The Bertz CT molecular complexity index is 927. The molecule has 0 unspecified atom stereocenters. The maximum atomic E-state index is 12.8. The third-order valence-electron chi connectivity index (χ3n) is 4.54. The Morgan fingerprint density at radius 3 is 2.48 bits per heavy atom. The van der Waals surface area contributed by atoms with Gasteiger partial charge in [0.2, 0.25) is 0 Å². The molecule has 3 rings (SSSR count). The van der Waals surface area contributed by atoms with Gasteiger partial charge in [0, 0.05) is 24.0 Å². The van der Waals surface area contributed by atoms with Crippen LogP contribution in [0.25, 0.3) is 16.9 Å². The van der Waals surface area contributed by atoms with E-state index in [-0.39, 0.29) is 5.91 Å². The van der Waals surface area contributed by atoms with Crippen LogP contribution in [0.3, 0.4) is 0 Å². The van der Waals surface area contributed by atoms with Crippen molar-refractivity contribution >= 4 is 5.91 Å². The van der Waals surface area contributed by atoms with Gasteiger partial charge in [-0.05, 0) is 36.6 Å². The first-order chi connectivity index (χ1) is 13.0. The molecule has 2 aromatic carbocycles. The quantitative estimate of drug-likeness (QED) is 0.681. The molecule has 3 aromatic rings. The molecule has 0 atom stereocenters. The van der Waals surface area contributed by atoms with E-state index < -0.39 is 0 Å². The van der Waals surface area contributed by atoms with E-state index in [9.17, 15) is 4.79 Å². The van der Waals surface area contributed by atoms with Crippen LogP contribution in [0.2, 0.25) is 0 Å². The summed E-state index contributed by atoms with van der Waals surface area (Å²) in [5.74, 6) is 1.15. The first kappa shape index (κ1) is 18.8. The number of ether oxygens (including phenoxy) is 1. The second-order valence-corrected chi connectivity index (χ2v) is 7.04. The molecule has 0 aliphatic rings. The summed E-state index contributed by atoms with van der Waals surface area (Å²) in [5, 5.41) is 3.03. The molecule has 0 aliphatic carbocycles. The van der Waals surface area contributed by atoms with Crippen LogP contribution < -0.4 is 10.1 Å². The SMILES string of the molecule is COc1cccc(-n2c(-c3ccccc3)cc(C(=O)NCC(C)C)c2C)c1. The summed E-state index contributed by atoms with van der Waals surface area (Å²) >= 11 is 0. The van der Waals surface area contributed by atoms with Crippen LogP contribution in [0.1, 0.15) is 29.9 Å². The largest absolute Gasteiger partial charge is 0.497 e. The van der Waals surface area contributed by atoms with Crippen LogP contribution in [-0.4, -0.2) is 24.1 Å². The number of methoxy groups -OCH3 is 1. The number of carbonyl (C=O) groups is 1. The minimum absolute atomic E-state index is 0.0416. The molecule has 0 radical (unpaired) electrons. The number of hydrogen-bond acceptors (Lipinski definition) is 2. The molecule has 0 bridgehead atoms. The van der Waals surface area contributed by atoms with Crippen molar-refractivity contribution in [2.24, 2.45) is 5.92 Å². The molecular weight excluding hydrogens is 336 g/mol. The van der Waals surface area contributed by atoms with Crippen LogP contribution >= 0.6 is 0 Å². The second-order valence-electron chi connectivity index (χ2n) is 7.04. The van der Waals surface area contributed by atoms with Gasteiger partial charge in [-0.3, -0.25) is 4.79 Å². The number of nitrogens with one attached hydrogen (secondary N) is 1. The van der Waals surface area contributed by atoms with E-state index in [1.54, 1.807) is 7.11 Å². The van der Waals surface area contributed by atoms with Crippen LogP contribution in [-0.2, 0) is 0 Å². The van der Waals surface area contributed by atoms with Crippen molar-refractivity contribution in [1.29, 1.82) is 0 Å². The molecule has 1 amide bonds. The first-order valence-corrected chi connectivity index (χ1v) is 9.21. The summed E-state index contributed by atoms with van der Waals surface area (Å²) < 4.78 is 7.50. The lowest BCUT2D eigenvalue weighted by molar-refractivity contribution is 0.0948. The summed E-state index contributed by atoms with van der Waals surface area (Å²) in [6.45, 7) is 6.81. The zero-order chi connectivity index (χ0) is 19.4. The molecule has 0 saturated heterocycles. The van der Waals surface area contributed by atoms with E-state index in [0.29, 0.717) is 18.0 Å². The zero-order valence-corrected chi connectivity index (χ0v) is 16.3. The molecular formula is C23H26N2O2. The summed E-state index contributed by atoms with van der Waals surface area (Å²) in [6, 6.07) is 20.0. The fourth-order valence-corrected chi connectivity index (χ4v) is 3.13. The number of benzene rings is 2.